The van der Waals surface area contributed by atoms with Gasteiger partial charge in [-0.2, -0.15) is 0 Å². The van der Waals surface area contributed by atoms with Crippen molar-refractivity contribution in [1.82, 2.24) is 16.0 Å². The highest BCUT2D eigenvalue weighted by Gasteiger charge is 2.45. The Kier molecular flexibility index (Phi) is 9.90. The summed E-state index contributed by atoms with van der Waals surface area (Å²) in [6.45, 7) is 6.53. The molecule has 2 rings (SSSR count). The van der Waals surface area contributed by atoms with E-state index in [2.05, 4.69) is 20.9 Å². The zero-order chi connectivity index (χ0) is 18.1. The summed E-state index contributed by atoms with van der Waals surface area (Å²) in [7, 11) is 0. The Morgan fingerprint density at radius 3 is 2.50 bits per heavy atom. The average Bonchev–Trinajstić information content (AvgIpc) is 3.39. The van der Waals surface area contributed by atoms with E-state index in [1.54, 1.807) is 6.07 Å². The predicted octanol–water partition coefficient (Wildman–Crippen LogP) is 2.95. The molecule has 0 saturated heterocycles. The molecule has 26 heavy (non-hydrogen) atoms. The molecular weight excluding hydrogens is 446 g/mol. The molecule has 0 bridgehead atoms. The van der Waals surface area contributed by atoms with Crippen LogP contribution < -0.4 is 16.0 Å². The van der Waals surface area contributed by atoms with E-state index in [1.165, 1.54) is 6.07 Å². The molecule has 1 fully saturated rings. The second-order valence-electron chi connectivity index (χ2n) is 6.48. The number of hydrogen-bond donors (Lipinski definition) is 3. The molecule has 1 aliphatic carbocycles. The summed E-state index contributed by atoms with van der Waals surface area (Å²) in [6, 6.07) is 6.96. The van der Waals surface area contributed by atoms with Crippen molar-refractivity contribution in [1.29, 1.82) is 0 Å². The van der Waals surface area contributed by atoms with Crippen molar-refractivity contribution in [3.05, 3.63) is 35.6 Å². The third-order valence-corrected chi connectivity index (χ3v) is 4.40. The van der Waals surface area contributed by atoms with E-state index in [-0.39, 0.29) is 41.1 Å². The Balaban J connectivity index is 0.00000338. The van der Waals surface area contributed by atoms with Crippen LogP contribution in [-0.2, 0) is 10.2 Å². The number of aliphatic imine (C=N–C) groups is 1. The highest BCUT2D eigenvalue weighted by atomic mass is 127. The van der Waals surface area contributed by atoms with Crippen molar-refractivity contribution in [3.8, 4) is 0 Å². The lowest BCUT2D eigenvalue weighted by molar-refractivity contribution is -0.120. The van der Waals surface area contributed by atoms with Gasteiger partial charge in [0.2, 0.25) is 5.91 Å². The van der Waals surface area contributed by atoms with Crippen molar-refractivity contribution in [3.63, 3.8) is 0 Å². The van der Waals surface area contributed by atoms with Gasteiger partial charge in [-0.15, -0.1) is 24.0 Å². The van der Waals surface area contributed by atoms with Crippen molar-refractivity contribution in [2.75, 3.05) is 26.2 Å². The number of nitrogens with one attached hydrogen (secondary N) is 3. The topological polar surface area (TPSA) is 65.5 Å². The van der Waals surface area contributed by atoms with Gasteiger partial charge in [0.25, 0.3) is 0 Å². The number of halogens is 2. The van der Waals surface area contributed by atoms with Crippen LogP contribution in [0.4, 0.5) is 4.39 Å². The smallest absolute Gasteiger partial charge is 0.221 e. The standard InChI is InChI=1S/C19H29FN4O.HI/c1-3-12-22-17(25)9-13-23-18(21-4-2)24-14-19(10-11-19)15-7-5-6-8-16(15)20;/h5-8H,3-4,9-14H2,1-2H3,(H,22,25)(H2,21,23,24);1H. The van der Waals surface area contributed by atoms with E-state index in [1.807, 2.05) is 26.0 Å². The third-order valence-electron chi connectivity index (χ3n) is 4.40. The monoisotopic (exact) mass is 476 g/mol. The first-order valence-electron chi connectivity index (χ1n) is 9.15. The van der Waals surface area contributed by atoms with Crippen LogP contribution in [0.15, 0.2) is 29.3 Å². The number of carbonyl (C=O) groups excluding carboxylic acids is 1. The molecule has 0 unspecified atom stereocenters. The summed E-state index contributed by atoms with van der Waals surface area (Å²) < 4.78 is 14.1. The lowest BCUT2D eigenvalue weighted by Gasteiger charge is -2.16. The Morgan fingerprint density at radius 1 is 1.15 bits per heavy atom. The van der Waals surface area contributed by atoms with Crippen LogP contribution in [0.3, 0.4) is 0 Å². The fraction of sp³-hybridized carbons (Fsp3) is 0.579. The molecule has 1 aromatic rings. The zero-order valence-corrected chi connectivity index (χ0v) is 17.9. The van der Waals surface area contributed by atoms with E-state index < -0.39 is 0 Å². The van der Waals surface area contributed by atoms with Crippen LogP contribution in [0.2, 0.25) is 0 Å². The van der Waals surface area contributed by atoms with Crippen molar-refractivity contribution < 1.29 is 9.18 Å². The number of benzene rings is 1. The minimum atomic E-state index is -0.174. The van der Waals surface area contributed by atoms with Gasteiger partial charge in [0.1, 0.15) is 5.82 Å². The summed E-state index contributed by atoms with van der Waals surface area (Å²) >= 11 is 0. The Bertz CT molecular complexity index is 605. The maximum atomic E-state index is 14.1. The molecule has 7 heteroatoms. The molecule has 1 saturated carbocycles. The highest BCUT2D eigenvalue weighted by molar-refractivity contribution is 14.0. The number of carbonyl (C=O) groups is 1. The van der Waals surface area contributed by atoms with Gasteiger partial charge >= 0.3 is 0 Å². The van der Waals surface area contributed by atoms with Gasteiger partial charge in [-0.3, -0.25) is 9.79 Å². The van der Waals surface area contributed by atoms with Gasteiger partial charge in [0.15, 0.2) is 5.96 Å². The quantitative estimate of drug-likeness (QED) is 0.292. The van der Waals surface area contributed by atoms with Crippen molar-refractivity contribution in [2.45, 2.75) is 44.9 Å². The maximum absolute atomic E-state index is 14.1. The van der Waals surface area contributed by atoms with Gasteiger partial charge in [-0.05, 0) is 37.8 Å². The van der Waals surface area contributed by atoms with Crippen LogP contribution in [0.1, 0.15) is 45.1 Å². The minimum absolute atomic E-state index is 0. The number of guanidine groups is 1. The fourth-order valence-corrected chi connectivity index (χ4v) is 2.77. The van der Waals surface area contributed by atoms with E-state index >= 15 is 0 Å². The van der Waals surface area contributed by atoms with Gasteiger partial charge in [-0.1, -0.05) is 25.1 Å². The summed E-state index contributed by atoms with van der Waals surface area (Å²) in [6.07, 6.45) is 3.25. The minimum Gasteiger partial charge on any atom is -0.357 e. The molecule has 0 aromatic heterocycles. The number of amides is 1. The SMILES string of the molecule is CCCNC(=O)CCNC(=NCC1(c2ccccc2F)CC1)NCC.I. The Morgan fingerprint density at radius 2 is 1.88 bits per heavy atom. The molecule has 1 aliphatic rings. The largest absolute Gasteiger partial charge is 0.357 e. The average molecular weight is 476 g/mol. The second kappa shape index (κ2) is 11.4. The molecule has 146 valence electrons. The van der Waals surface area contributed by atoms with Crippen LogP contribution in [0, 0.1) is 5.82 Å². The first-order chi connectivity index (χ1) is 12.1. The number of hydrogen-bond acceptors (Lipinski definition) is 2. The molecule has 0 heterocycles. The van der Waals surface area contributed by atoms with Crippen LogP contribution in [0.5, 0.6) is 0 Å². The molecule has 5 nitrogen and oxygen atoms in total. The van der Waals surface area contributed by atoms with Gasteiger partial charge < -0.3 is 16.0 Å². The highest BCUT2D eigenvalue weighted by Crippen LogP contribution is 2.49. The van der Waals surface area contributed by atoms with Crippen molar-refractivity contribution >= 4 is 35.8 Å². The van der Waals surface area contributed by atoms with E-state index in [9.17, 15) is 9.18 Å². The molecule has 0 aliphatic heterocycles. The summed E-state index contributed by atoms with van der Waals surface area (Å²) in [4.78, 5) is 16.3. The third kappa shape index (κ3) is 6.74. The molecule has 0 spiro atoms. The van der Waals surface area contributed by atoms with E-state index in [0.717, 1.165) is 31.4 Å². The van der Waals surface area contributed by atoms with E-state index in [4.69, 9.17) is 0 Å². The second-order valence-corrected chi connectivity index (χ2v) is 6.48. The molecule has 0 radical (unpaired) electrons. The van der Waals surface area contributed by atoms with Gasteiger partial charge in [0.05, 0.1) is 6.54 Å². The predicted molar refractivity (Wildman–Crippen MR) is 115 cm³/mol. The summed E-state index contributed by atoms with van der Waals surface area (Å²) in [5.41, 5.74) is 0.584. The first kappa shape index (κ1) is 22.7. The number of nitrogens with zero attached hydrogens (tertiary/aromatic N) is 1. The lowest BCUT2D eigenvalue weighted by Crippen LogP contribution is -2.40. The molecule has 1 amide bonds. The first-order valence-corrected chi connectivity index (χ1v) is 9.15. The summed E-state index contributed by atoms with van der Waals surface area (Å²) in [5.74, 6) is 0.560. The van der Waals surface area contributed by atoms with Crippen LogP contribution in [-0.4, -0.2) is 38.0 Å². The molecular formula is C19H30FIN4O. The molecule has 0 atom stereocenters. The summed E-state index contributed by atoms with van der Waals surface area (Å²) in [5, 5.41) is 9.21. The lowest BCUT2D eigenvalue weighted by atomic mass is 9.95. The molecule has 3 N–H and O–H groups in total. The van der Waals surface area contributed by atoms with Crippen LogP contribution in [0.25, 0.3) is 0 Å². The normalized spacial score (nSPS) is 15.0. The number of rotatable bonds is 9. The van der Waals surface area contributed by atoms with Crippen LogP contribution >= 0.6 is 24.0 Å². The van der Waals surface area contributed by atoms with E-state index in [0.29, 0.717) is 32.0 Å². The maximum Gasteiger partial charge on any atom is 0.221 e. The Labute approximate surface area is 172 Å². The molecule has 1 aromatic carbocycles. The van der Waals surface area contributed by atoms with Crippen molar-refractivity contribution in [2.24, 2.45) is 4.99 Å². The van der Waals surface area contributed by atoms with Gasteiger partial charge in [0, 0.05) is 31.5 Å². The zero-order valence-electron chi connectivity index (χ0n) is 15.6. The van der Waals surface area contributed by atoms with Gasteiger partial charge in [-0.25, -0.2) is 4.39 Å². The fourth-order valence-electron chi connectivity index (χ4n) is 2.77. The Hall–Kier alpha value is -1.38.